The second-order valence-corrected chi connectivity index (χ2v) is 7.15. The highest BCUT2D eigenvalue weighted by atomic mass is 32.2. The van der Waals surface area contributed by atoms with Gasteiger partial charge in [-0.2, -0.15) is 0 Å². The van der Waals surface area contributed by atoms with E-state index in [9.17, 15) is 4.79 Å². The van der Waals surface area contributed by atoms with Crippen LogP contribution in [-0.2, 0) is 4.74 Å². The highest BCUT2D eigenvalue weighted by molar-refractivity contribution is 7.99. The second-order valence-electron chi connectivity index (χ2n) is 6.08. The molecule has 2 aromatic carbocycles. The van der Waals surface area contributed by atoms with Crippen LogP contribution in [0, 0.1) is 0 Å². The van der Waals surface area contributed by atoms with E-state index in [1.807, 2.05) is 42.5 Å². The topological polar surface area (TPSA) is 39.4 Å². The van der Waals surface area contributed by atoms with Crippen molar-refractivity contribution in [1.82, 2.24) is 0 Å². The van der Waals surface area contributed by atoms with Crippen molar-refractivity contribution in [3.8, 4) is 0 Å². The van der Waals surface area contributed by atoms with Crippen LogP contribution in [0.25, 0.3) is 11.0 Å². The first-order valence-corrected chi connectivity index (χ1v) is 8.89. The van der Waals surface area contributed by atoms with Gasteiger partial charge in [0.2, 0.25) is 0 Å². The summed E-state index contributed by atoms with van der Waals surface area (Å²) in [4.78, 5) is 13.0. The van der Waals surface area contributed by atoms with Crippen LogP contribution in [0.15, 0.2) is 68.9 Å². The zero-order valence-corrected chi connectivity index (χ0v) is 14.4. The third kappa shape index (κ3) is 2.38. The molecule has 0 saturated heterocycles. The van der Waals surface area contributed by atoms with Crippen LogP contribution in [0.5, 0.6) is 0 Å². The molecule has 3 aromatic rings. The minimum absolute atomic E-state index is 0.0226. The molecule has 24 heavy (non-hydrogen) atoms. The van der Waals surface area contributed by atoms with Gasteiger partial charge in [-0.3, -0.25) is 4.79 Å². The number of fused-ring (bicyclic) bond motifs is 2. The Kier molecular flexibility index (Phi) is 3.94. The van der Waals surface area contributed by atoms with E-state index in [0.29, 0.717) is 16.1 Å². The zero-order chi connectivity index (χ0) is 16.7. The summed E-state index contributed by atoms with van der Waals surface area (Å²) in [6.07, 6.45) is 0. The van der Waals surface area contributed by atoms with Crippen LogP contribution < -0.4 is 5.43 Å². The molecule has 2 heterocycles. The van der Waals surface area contributed by atoms with Crippen LogP contribution in [0.4, 0.5) is 0 Å². The van der Waals surface area contributed by atoms with Gasteiger partial charge in [0.25, 0.3) is 0 Å². The van der Waals surface area contributed by atoms with E-state index in [2.05, 4.69) is 19.1 Å². The van der Waals surface area contributed by atoms with Crippen LogP contribution in [-0.4, -0.2) is 12.5 Å². The fraction of sp³-hybridized carbons (Fsp3) is 0.250. The third-order valence-electron chi connectivity index (χ3n) is 4.73. The molecule has 3 unspecified atom stereocenters. The summed E-state index contributed by atoms with van der Waals surface area (Å²) in [5, 5.41) is 1.33. The molecule has 122 valence electrons. The lowest BCUT2D eigenvalue weighted by molar-refractivity contribution is 0.135. The third-order valence-corrected chi connectivity index (χ3v) is 5.96. The molecule has 0 fully saturated rings. The summed E-state index contributed by atoms with van der Waals surface area (Å²) >= 11 is 1.50. The van der Waals surface area contributed by atoms with E-state index in [4.69, 9.17) is 9.15 Å². The van der Waals surface area contributed by atoms with Crippen LogP contribution in [0.1, 0.15) is 29.9 Å². The van der Waals surface area contributed by atoms with Crippen molar-refractivity contribution in [2.24, 2.45) is 0 Å². The van der Waals surface area contributed by atoms with Crippen molar-refractivity contribution in [3.05, 3.63) is 75.9 Å². The number of para-hydroxylation sites is 1. The quantitative estimate of drug-likeness (QED) is 0.675. The summed E-state index contributed by atoms with van der Waals surface area (Å²) in [5.74, 6) is 0.132. The Morgan fingerprint density at radius 1 is 1.04 bits per heavy atom. The number of methoxy groups -OCH3 is 1. The van der Waals surface area contributed by atoms with Crippen molar-refractivity contribution in [1.29, 1.82) is 0 Å². The normalized spacial score (nSPS) is 23.2. The summed E-state index contributed by atoms with van der Waals surface area (Å²) in [5.41, 5.74) is 2.57. The SMILES string of the molecule is COC1Sc2oc3ccccc3c(=O)c2C(C)C1c1ccccc1. The van der Waals surface area contributed by atoms with Gasteiger partial charge in [-0.1, -0.05) is 61.2 Å². The maximum atomic E-state index is 13.0. The molecule has 0 amide bonds. The molecule has 0 aliphatic carbocycles. The lowest BCUT2D eigenvalue weighted by atomic mass is 9.83. The number of hydrogen-bond acceptors (Lipinski definition) is 4. The fourth-order valence-corrected chi connectivity index (χ4v) is 4.92. The molecule has 0 saturated carbocycles. The maximum Gasteiger partial charge on any atom is 0.197 e. The smallest absolute Gasteiger partial charge is 0.197 e. The minimum Gasteiger partial charge on any atom is -0.449 e. The Hall–Kier alpha value is -2.04. The van der Waals surface area contributed by atoms with E-state index in [0.717, 1.165) is 5.56 Å². The highest BCUT2D eigenvalue weighted by Gasteiger charge is 2.39. The monoisotopic (exact) mass is 338 g/mol. The number of rotatable bonds is 2. The Balaban J connectivity index is 1.92. The van der Waals surface area contributed by atoms with Gasteiger partial charge in [-0.25, -0.2) is 0 Å². The molecule has 4 heteroatoms. The van der Waals surface area contributed by atoms with E-state index in [-0.39, 0.29) is 22.7 Å². The lowest BCUT2D eigenvalue weighted by Crippen LogP contribution is -2.30. The van der Waals surface area contributed by atoms with Crippen molar-refractivity contribution in [3.63, 3.8) is 0 Å². The van der Waals surface area contributed by atoms with Gasteiger partial charge in [-0.15, -0.1) is 0 Å². The van der Waals surface area contributed by atoms with Gasteiger partial charge >= 0.3 is 0 Å². The molecule has 1 aliphatic rings. The van der Waals surface area contributed by atoms with E-state index < -0.39 is 0 Å². The van der Waals surface area contributed by atoms with Crippen molar-refractivity contribution >= 4 is 22.7 Å². The first kappa shape index (κ1) is 15.5. The first-order chi connectivity index (χ1) is 11.7. The Morgan fingerprint density at radius 3 is 2.50 bits per heavy atom. The van der Waals surface area contributed by atoms with Crippen LogP contribution in [0.2, 0.25) is 0 Å². The van der Waals surface area contributed by atoms with Gasteiger partial charge in [0, 0.05) is 13.0 Å². The summed E-state index contributed by atoms with van der Waals surface area (Å²) in [6, 6.07) is 17.7. The number of hydrogen-bond donors (Lipinski definition) is 0. The van der Waals surface area contributed by atoms with Crippen LogP contribution in [0.3, 0.4) is 0 Å². The molecule has 0 radical (unpaired) electrons. The molecule has 0 N–H and O–H groups in total. The van der Waals surface area contributed by atoms with Gasteiger partial charge < -0.3 is 9.15 Å². The van der Waals surface area contributed by atoms with E-state index in [1.54, 1.807) is 7.11 Å². The Bertz CT molecular complexity index is 933. The molecule has 1 aromatic heterocycles. The fourth-order valence-electron chi connectivity index (χ4n) is 3.53. The highest BCUT2D eigenvalue weighted by Crippen LogP contribution is 2.49. The maximum absolute atomic E-state index is 13.0. The lowest BCUT2D eigenvalue weighted by Gasteiger charge is -2.35. The standard InChI is InChI=1S/C20H18O3S/c1-12-16(13-8-4-3-5-9-13)19(22-2)24-20-17(12)18(21)14-10-6-7-11-15(14)23-20/h3-12,16,19H,1-2H3. The van der Waals surface area contributed by atoms with Gasteiger partial charge in [0.05, 0.1) is 10.9 Å². The first-order valence-electron chi connectivity index (χ1n) is 8.01. The van der Waals surface area contributed by atoms with Crippen molar-refractivity contribution < 1.29 is 9.15 Å². The van der Waals surface area contributed by atoms with Gasteiger partial charge in [-0.05, 0) is 23.6 Å². The molecule has 4 rings (SSSR count). The second kappa shape index (κ2) is 6.11. The molecule has 0 bridgehead atoms. The van der Waals surface area contributed by atoms with E-state index >= 15 is 0 Å². The Labute approximate surface area is 144 Å². The Morgan fingerprint density at radius 2 is 1.75 bits per heavy atom. The molecule has 0 spiro atoms. The van der Waals surface area contributed by atoms with E-state index in [1.165, 1.54) is 17.3 Å². The predicted octanol–water partition coefficient (Wildman–Crippen LogP) is 4.76. The van der Waals surface area contributed by atoms with Crippen LogP contribution >= 0.6 is 11.8 Å². The summed E-state index contributed by atoms with van der Waals surface area (Å²) in [6.45, 7) is 2.09. The molecule has 1 aliphatic heterocycles. The van der Waals surface area contributed by atoms with Gasteiger partial charge in [0.1, 0.15) is 11.0 Å². The molecule has 3 atom stereocenters. The largest absolute Gasteiger partial charge is 0.449 e. The molecule has 3 nitrogen and oxygen atoms in total. The molecular weight excluding hydrogens is 320 g/mol. The summed E-state index contributed by atoms with van der Waals surface area (Å²) < 4.78 is 11.8. The average molecular weight is 338 g/mol. The minimum atomic E-state index is -0.0841. The predicted molar refractivity (Wildman–Crippen MR) is 96.7 cm³/mol. The van der Waals surface area contributed by atoms with Crippen molar-refractivity contribution in [2.45, 2.75) is 29.3 Å². The zero-order valence-electron chi connectivity index (χ0n) is 13.6. The van der Waals surface area contributed by atoms with Gasteiger partial charge in [0.15, 0.2) is 10.5 Å². The number of benzene rings is 2. The number of thioether (sulfide) groups is 1. The average Bonchev–Trinajstić information content (AvgIpc) is 2.62. The summed E-state index contributed by atoms with van der Waals surface area (Å²) in [7, 11) is 1.71. The number of ether oxygens (including phenoxy) is 1. The molecular formula is C20H18O3S. The van der Waals surface area contributed by atoms with Crippen molar-refractivity contribution in [2.75, 3.05) is 7.11 Å².